The van der Waals surface area contributed by atoms with Crippen LogP contribution in [-0.2, 0) is 0 Å². The Balaban J connectivity index is 1.86. The van der Waals surface area contributed by atoms with Crippen molar-refractivity contribution in [1.82, 2.24) is 15.5 Å². The van der Waals surface area contributed by atoms with Gasteiger partial charge in [-0.25, -0.2) is 0 Å². The molecule has 0 radical (unpaired) electrons. The monoisotopic (exact) mass is 215 g/mol. The standard InChI is InChI=1S/C13H17N3/c1-10-3-2-4-11(7-10)12-9-16-6-5-14-8-13(16)15-12/h2-4,7,9,13-15H,5-6,8H2,1H3. The van der Waals surface area contributed by atoms with Crippen LogP contribution in [-0.4, -0.2) is 30.7 Å². The zero-order valence-electron chi connectivity index (χ0n) is 9.53. The van der Waals surface area contributed by atoms with Gasteiger partial charge >= 0.3 is 0 Å². The van der Waals surface area contributed by atoms with Crippen LogP contribution in [0, 0.1) is 6.92 Å². The van der Waals surface area contributed by atoms with E-state index in [1.807, 2.05) is 0 Å². The molecule has 0 amide bonds. The van der Waals surface area contributed by atoms with E-state index >= 15 is 0 Å². The van der Waals surface area contributed by atoms with Gasteiger partial charge < -0.3 is 15.5 Å². The largest absolute Gasteiger partial charge is 0.362 e. The third-order valence-corrected chi connectivity index (χ3v) is 3.23. The zero-order valence-corrected chi connectivity index (χ0v) is 9.53. The maximum atomic E-state index is 3.56. The smallest absolute Gasteiger partial charge is 0.111 e. The van der Waals surface area contributed by atoms with Crippen molar-refractivity contribution in [1.29, 1.82) is 0 Å². The lowest BCUT2D eigenvalue weighted by Crippen LogP contribution is -2.51. The van der Waals surface area contributed by atoms with Crippen LogP contribution in [0.3, 0.4) is 0 Å². The maximum absolute atomic E-state index is 3.56. The molecule has 1 unspecified atom stereocenters. The first-order valence-corrected chi connectivity index (χ1v) is 5.85. The molecule has 1 atom stereocenters. The zero-order chi connectivity index (χ0) is 11.0. The van der Waals surface area contributed by atoms with Gasteiger partial charge in [0.05, 0.1) is 5.70 Å². The van der Waals surface area contributed by atoms with Crippen molar-refractivity contribution >= 4 is 5.70 Å². The Kier molecular flexibility index (Phi) is 2.33. The van der Waals surface area contributed by atoms with E-state index in [1.165, 1.54) is 16.8 Å². The molecular formula is C13H17N3. The molecule has 84 valence electrons. The van der Waals surface area contributed by atoms with Crippen LogP contribution in [0.1, 0.15) is 11.1 Å². The molecule has 0 bridgehead atoms. The van der Waals surface area contributed by atoms with Gasteiger partial charge in [0, 0.05) is 25.8 Å². The molecule has 2 heterocycles. The first-order chi connectivity index (χ1) is 7.83. The minimum atomic E-state index is 0.435. The summed E-state index contributed by atoms with van der Waals surface area (Å²) in [5.74, 6) is 0. The van der Waals surface area contributed by atoms with Crippen LogP contribution < -0.4 is 10.6 Å². The molecule has 0 aliphatic carbocycles. The van der Waals surface area contributed by atoms with Crippen molar-refractivity contribution in [3.05, 3.63) is 41.6 Å². The Morgan fingerprint density at radius 3 is 3.12 bits per heavy atom. The Labute approximate surface area is 96.1 Å². The van der Waals surface area contributed by atoms with Crippen LogP contribution in [0.2, 0.25) is 0 Å². The van der Waals surface area contributed by atoms with Crippen LogP contribution >= 0.6 is 0 Å². The van der Waals surface area contributed by atoms with E-state index in [4.69, 9.17) is 0 Å². The third kappa shape index (κ3) is 1.67. The van der Waals surface area contributed by atoms with Crippen LogP contribution in [0.4, 0.5) is 0 Å². The lowest BCUT2D eigenvalue weighted by Gasteiger charge is -2.30. The van der Waals surface area contributed by atoms with E-state index in [1.54, 1.807) is 0 Å². The van der Waals surface area contributed by atoms with E-state index in [0.29, 0.717) is 6.17 Å². The molecule has 3 rings (SSSR count). The molecule has 2 aliphatic heterocycles. The lowest BCUT2D eigenvalue weighted by atomic mass is 10.1. The fourth-order valence-electron chi connectivity index (χ4n) is 2.36. The van der Waals surface area contributed by atoms with E-state index in [-0.39, 0.29) is 0 Å². The summed E-state index contributed by atoms with van der Waals surface area (Å²) in [5, 5.41) is 6.96. The number of nitrogens with zero attached hydrogens (tertiary/aromatic N) is 1. The third-order valence-electron chi connectivity index (χ3n) is 3.23. The molecule has 0 aromatic heterocycles. The van der Waals surface area contributed by atoms with Crippen LogP contribution in [0.5, 0.6) is 0 Å². The Bertz CT molecular complexity index is 425. The Hall–Kier alpha value is -1.48. The highest BCUT2D eigenvalue weighted by molar-refractivity contribution is 5.66. The summed E-state index contributed by atoms with van der Waals surface area (Å²) in [7, 11) is 0. The van der Waals surface area contributed by atoms with Gasteiger partial charge in [-0.05, 0) is 18.6 Å². The van der Waals surface area contributed by atoms with Gasteiger partial charge in [-0.15, -0.1) is 0 Å². The summed E-state index contributed by atoms with van der Waals surface area (Å²) in [6, 6.07) is 8.64. The molecule has 3 heteroatoms. The highest BCUT2D eigenvalue weighted by Crippen LogP contribution is 2.21. The van der Waals surface area contributed by atoms with Gasteiger partial charge in [0.25, 0.3) is 0 Å². The number of rotatable bonds is 1. The van der Waals surface area contributed by atoms with Gasteiger partial charge in [-0.3, -0.25) is 0 Å². The molecule has 2 N–H and O–H groups in total. The average Bonchev–Trinajstić information content (AvgIpc) is 2.72. The normalized spacial score (nSPS) is 23.7. The fourth-order valence-corrected chi connectivity index (χ4v) is 2.36. The van der Waals surface area contributed by atoms with Gasteiger partial charge in [-0.2, -0.15) is 0 Å². The second-order valence-electron chi connectivity index (χ2n) is 4.51. The van der Waals surface area contributed by atoms with Crippen molar-refractivity contribution in [2.24, 2.45) is 0 Å². The summed E-state index contributed by atoms with van der Waals surface area (Å²) in [6.45, 7) is 5.32. The minimum absolute atomic E-state index is 0.435. The molecule has 2 aliphatic rings. The van der Waals surface area contributed by atoms with Crippen molar-refractivity contribution in [2.45, 2.75) is 13.1 Å². The molecule has 1 aromatic rings. The molecule has 0 spiro atoms. The second kappa shape index (κ2) is 3.83. The molecule has 1 aromatic carbocycles. The number of hydrogen-bond acceptors (Lipinski definition) is 3. The summed E-state index contributed by atoms with van der Waals surface area (Å²) in [5.41, 5.74) is 3.84. The van der Waals surface area contributed by atoms with Gasteiger partial charge in [-0.1, -0.05) is 23.8 Å². The lowest BCUT2D eigenvalue weighted by molar-refractivity contribution is 0.232. The van der Waals surface area contributed by atoms with Crippen molar-refractivity contribution in [3.8, 4) is 0 Å². The topological polar surface area (TPSA) is 27.3 Å². The van der Waals surface area contributed by atoms with Crippen molar-refractivity contribution in [2.75, 3.05) is 19.6 Å². The number of nitrogens with one attached hydrogen (secondary N) is 2. The first kappa shape index (κ1) is 9.73. The molecule has 3 nitrogen and oxygen atoms in total. The highest BCUT2D eigenvalue weighted by atomic mass is 15.3. The predicted molar refractivity (Wildman–Crippen MR) is 65.7 cm³/mol. The van der Waals surface area contributed by atoms with E-state index in [0.717, 1.165) is 19.6 Å². The molecular weight excluding hydrogens is 198 g/mol. The highest BCUT2D eigenvalue weighted by Gasteiger charge is 2.26. The minimum Gasteiger partial charge on any atom is -0.362 e. The quantitative estimate of drug-likeness (QED) is 0.735. The van der Waals surface area contributed by atoms with Crippen molar-refractivity contribution in [3.63, 3.8) is 0 Å². The Morgan fingerprint density at radius 1 is 1.38 bits per heavy atom. The molecule has 1 saturated heterocycles. The van der Waals surface area contributed by atoms with Crippen LogP contribution in [0.15, 0.2) is 30.5 Å². The fraction of sp³-hybridized carbons (Fsp3) is 0.385. The second-order valence-corrected chi connectivity index (χ2v) is 4.51. The first-order valence-electron chi connectivity index (χ1n) is 5.85. The maximum Gasteiger partial charge on any atom is 0.111 e. The van der Waals surface area contributed by atoms with E-state index in [2.05, 4.69) is 52.9 Å². The predicted octanol–water partition coefficient (Wildman–Crippen LogP) is 1.13. The van der Waals surface area contributed by atoms with Crippen molar-refractivity contribution < 1.29 is 0 Å². The van der Waals surface area contributed by atoms with E-state index < -0.39 is 0 Å². The molecule has 16 heavy (non-hydrogen) atoms. The molecule has 1 fully saturated rings. The number of fused-ring (bicyclic) bond motifs is 1. The van der Waals surface area contributed by atoms with E-state index in [9.17, 15) is 0 Å². The average molecular weight is 215 g/mol. The summed E-state index contributed by atoms with van der Waals surface area (Å²) in [6.07, 6.45) is 2.68. The summed E-state index contributed by atoms with van der Waals surface area (Å²) < 4.78 is 0. The number of hydrogen-bond donors (Lipinski definition) is 2. The summed E-state index contributed by atoms with van der Waals surface area (Å²) >= 11 is 0. The Morgan fingerprint density at radius 2 is 2.31 bits per heavy atom. The number of aryl methyl sites for hydroxylation is 1. The van der Waals surface area contributed by atoms with Gasteiger partial charge in [0.1, 0.15) is 6.17 Å². The molecule has 0 saturated carbocycles. The van der Waals surface area contributed by atoms with Gasteiger partial charge in [0.2, 0.25) is 0 Å². The summed E-state index contributed by atoms with van der Waals surface area (Å²) in [4.78, 5) is 2.38. The number of benzene rings is 1. The van der Waals surface area contributed by atoms with Gasteiger partial charge in [0.15, 0.2) is 0 Å². The van der Waals surface area contributed by atoms with Crippen LogP contribution in [0.25, 0.3) is 5.70 Å². The SMILES string of the molecule is Cc1cccc(C2=CN3CCNCC3N2)c1. The number of piperazine rings is 1.